The number of hydrogen-bond donors (Lipinski definition) is 0. The predicted octanol–water partition coefficient (Wildman–Crippen LogP) is 3.39. The van der Waals surface area contributed by atoms with Crippen LogP contribution in [0.15, 0.2) is 36.4 Å². The van der Waals surface area contributed by atoms with E-state index in [-0.39, 0.29) is 11.4 Å². The van der Waals surface area contributed by atoms with Crippen molar-refractivity contribution in [3.05, 3.63) is 63.5 Å². The highest BCUT2D eigenvalue weighted by Crippen LogP contribution is 2.28. The molecule has 0 unspecified atom stereocenters. The molecule has 0 saturated heterocycles. The summed E-state index contributed by atoms with van der Waals surface area (Å²) in [5, 5.41) is 11.1. The van der Waals surface area contributed by atoms with Crippen LogP contribution >= 0.6 is 0 Å². The van der Waals surface area contributed by atoms with E-state index in [2.05, 4.69) is 4.98 Å². The lowest BCUT2D eigenvalue weighted by Crippen LogP contribution is -2.04. The second-order valence-corrected chi connectivity index (χ2v) is 4.62. The maximum Gasteiger partial charge on any atom is 0.312 e. The number of nitro benzene ring substituents is 1. The van der Waals surface area contributed by atoms with E-state index in [1.165, 1.54) is 19.1 Å². The highest BCUT2D eigenvalue weighted by Gasteiger charge is 2.16. The Bertz CT molecular complexity index is 754. The first kappa shape index (κ1) is 15.4. The zero-order valence-electron chi connectivity index (χ0n) is 12.1. The van der Waals surface area contributed by atoms with E-state index in [0.717, 1.165) is 11.4 Å². The van der Waals surface area contributed by atoms with Gasteiger partial charge in [0.1, 0.15) is 0 Å². The molecule has 0 fully saturated rings. The molecule has 22 heavy (non-hydrogen) atoms. The van der Waals surface area contributed by atoms with Gasteiger partial charge in [-0.05, 0) is 36.8 Å². The fourth-order valence-electron chi connectivity index (χ4n) is 1.86. The zero-order chi connectivity index (χ0) is 16.1. The summed E-state index contributed by atoms with van der Waals surface area (Å²) in [5.41, 5.74) is 2.01. The average Bonchev–Trinajstić information content (AvgIpc) is 2.45. The second kappa shape index (κ2) is 6.62. The van der Waals surface area contributed by atoms with Gasteiger partial charge in [-0.1, -0.05) is 18.2 Å². The minimum atomic E-state index is -0.602. The summed E-state index contributed by atoms with van der Waals surface area (Å²) < 4.78 is 4.82. The first-order chi connectivity index (χ1) is 10.5. The molecule has 2 rings (SSSR count). The van der Waals surface area contributed by atoms with Crippen molar-refractivity contribution in [2.75, 3.05) is 0 Å². The summed E-state index contributed by atoms with van der Waals surface area (Å²) in [6.07, 6.45) is 3.48. The molecule has 1 aromatic carbocycles. The van der Waals surface area contributed by atoms with Crippen LogP contribution < -0.4 is 4.74 Å². The number of rotatable bonds is 4. The summed E-state index contributed by atoms with van der Waals surface area (Å²) in [6, 6.07) is 10.0. The number of aryl methyl sites for hydroxylation is 1. The highest BCUT2D eigenvalue weighted by molar-refractivity contribution is 5.74. The Hall–Kier alpha value is -3.02. The molecule has 0 N–H and O–H groups in total. The quantitative estimate of drug-likeness (QED) is 0.374. The van der Waals surface area contributed by atoms with Crippen LogP contribution in [0.25, 0.3) is 12.2 Å². The molecule has 0 amide bonds. The molecule has 0 aliphatic rings. The van der Waals surface area contributed by atoms with E-state index in [9.17, 15) is 14.9 Å². The smallest absolute Gasteiger partial charge is 0.312 e. The molecule has 1 heterocycles. The molecule has 1 aromatic heterocycles. The Kier molecular flexibility index (Phi) is 4.63. The number of esters is 1. The Morgan fingerprint density at radius 2 is 2.05 bits per heavy atom. The van der Waals surface area contributed by atoms with E-state index in [4.69, 9.17) is 4.74 Å². The van der Waals surface area contributed by atoms with E-state index in [1.54, 1.807) is 18.2 Å². The molecule has 0 bridgehead atoms. The Labute approximate surface area is 127 Å². The fraction of sp³-hybridized carbons (Fsp3) is 0.125. The van der Waals surface area contributed by atoms with Gasteiger partial charge < -0.3 is 4.74 Å². The standard InChI is InChI=1S/C16H14N2O4/c1-11-4-3-5-14(17-11)8-6-13-7-9-16(22-12(2)19)15(10-13)18(20)21/h3-10H,1-2H3. The molecule has 0 aliphatic carbocycles. The molecule has 0 spiro atoms. The molecule has 0 saturated carbocycles. The van der Waals surface area contributed by atoms with Gasteiger partial charge in [-0.3, -0.25) is 19.9 Å². The molecule has 0 atom stereocenters. The van der Waals surface area contributed by atoms with Crippen LogP contribution in [0.3, 0.4) is 0 Å². The number of nitro groups is 1. The van der Waals surface area contributed by atoms with E-state index in [1.807, 2.05) is 25.1 Å². The normalized spacial score (nSPS) is 10.6. The zero-order valence-corrected chi connectivity index (χ0v) is 12.1. The van der Waals surface area contributed by atoms with Crippen molar-refractivity contribution >= 4 is 23.8 Å². The highest BCUT2D eigenvalue weighted by atomic mass is 16.6. The lowest BCUT2D eigenvalue weighted by Gasteiger charge is -2.03. The number of aromatic nitrogens is 1. The van der Waals surface area contributed by atoms with Crippen LogP contribution in [0.5, 0.6) is 5.75 Å². The third-order valence-corrected chi connectivity index (χ3v) is 2.79. The van der Waals surface area contributed by atoms with Crippen molar-refractivity contribution in [1.29, 1.82) is 0 Å². The molecule has 0 aliphatic heterocycles. The maximum absolute atomic E-state index is 11.1. The van der Waals surface area contributed by atoms with E-state index < -0.39 is 10.9 Å². The minimum absolute atomic E-state index is 0.0664. The van der Waals surface area contributed by atoms with Crippen LogP contribution in [0, 0.1) is 17.0 Å². The number of benzene rings is 1. The van der Waals surface area contributed by atoms with Gasteiger partial charge in [0.25, 0.3) is 0 Å². The van der Waals surface area contributed by atoms with Crippen molar-refractivity contribution in [3.63, 3.8) is 0 Å². The number of pyridine rings is 1. The van der Waals surface area contributed by atoms with Gasteiger partial charge >= 0.3 is 11.7 Å². The molecular formula is C16H14N2O4. The SMILES string of the molecule is CC(=O)Oc1ccc(C=Cc2cccc(C)n2)cc1[N+](=O)[O-]. The second-order valence-electron chi connectivity index (χ2n) is 4.62. The van der Waals surface area contributed by atoms with Gasteiger partial charge in [0.05, 0.1) is 10.6 Å². The molecule has 6 heteroatoms. The minimum Gasteiger partial charge on any atom is -0.419 e. The van der Waals surface area contributed by atoms with Gasteiger partial charge in [0.2, 0.25) is 5.75 Å². The first-order valence-electron chi connectivity index (χ1n) is 6.54. The predicted molar refractivity (Wildman–Crippen MR) is 82.3 cm³/mol. The van der Waals surface area contributed by atoms with Crippen molar-refractivity contribution in [1.82, 2.24) is 4.98 Å². The number of carbonyl (C=O) groups excluding carboxylic acids is 1. The van der Waals surface area contributed by atoms with Crippen molar-refractivity contribution < 1.29 is 14.5 Å². The number of nitrogens with zero attached hydrogens (tertiary/aromatic N) is 2. The summed E-state index contributed by atoms with van der Waals surface area (Å²) >= 11 is 0. The summed E-state index contributed by atoms with van der Waals surface area (Å²) in [4.78, 5) is 25.7. The fourth-order valence-corrected chi connectivity index (χ4v) is 1.86. The van der Waals surface area contributed by atoms with Crippen molar-refractivity contribution in [2.24, 2.45) is 0 Å². The largest absolute Gasteiger partial charge is 0.419 e. The van der Waals surface area contributed by atoms with Gasteiger partial charge in [0.15, 0.2) is 0 Å². The van der Waals surface area contributed by atoms with Gasteiger partial charge in [0, 0.05) is 18.7 Å². The van der Waals surface area contributed by atoms with Gasteiger partial charge in [-0.25, -0.2) is 0 Å². The summed E-state index contributed by atoms with van der Waals surface area (Å²) in [6.45, 7) is 3.08. The van der Waals surface area contributed by atoms with E-state index in [0.29, 0.717) is 5.56 Å². The topological polar surface area (TPSA) is 82.3 Å². The lowest BCUT2D eigenvalue weighted by atomic mass is 10.1. The van der Waals surface area contributed by atoms with Crippen LogP contribution in [0.4, 0.5) is 5.69 Å². The Morgan fingerprint density at radius 3 is 2.68 bits per heavy atom. The lowest BCUT2D eigenvalue weighted by molar-refractivity contribution is -0.385. The molecule has 2 aromatic rings. The third-order valence-electron chi connectivity index (χ3n) is 2.79. The first-order valence-corrected chi connectivity index (χ1v) is 6.54. The summed E-state index contributed by atoms with van der Waals surface area (Å²) in [5.74, 6) is -0.668. The van der Waals surface area contributed by atoms with Gasteiger partial charge in [-0.15, -0.1) is 0 Å². The number of hydrogen-bond acceptors (Lipinski definition) is 5. The van der Waals surface area contributed by atoms with Crippen molar-refractivity contribution in [2.45, 2.75) is 13.8 Å². The Balaban J connectivity index is 2.30. The maximum atomic E-state index is 11.1. The monoisotopic (exact) mass is 298 g/mol. The third kappa shape index (κ3) is 3.99. The molecular weight excluding hydrogens is 284 g/mol. The van der Waals surface area contributed by atoms with Crippen LogP contribution in [0.2, 0.25) is 0 Å². The van der Waals surface area contributed by atoms with E-state index >= 15 is 0 Å². The summed E-state index contributed by atoms with van der Waals surface area (Å²) in [7, 11) is 0. The molecule has 0 radical (unpaired) electrons. The van der Waals surface area contributed by atoms with Crippen LogP contribution in [-0.2, 0) is 4.79 Å². The van der Waals surface area contributed by atoms with Crippen LogP contribution in [-0.4, -0.2) is 15.9 Å². The van der Waals surface area contributed by atoms with Gasteiger partial charge in [-0.2, -0.15) is 0 Å². The Morgan fingerprint density at radius 1 is 1.27 bits per heavy atom. The van der Waals surface area contributed by atoms with Crippen LogP contribution in [0.1, 0.15) is 23.9 Å². The number of ether oxygens (including phenoxy) is 1. The average molecular weight is 298 g/mol. The number of carbonyl (C=O) groups is 1. The molecule has 6 nitrogen and oxygen atoms in total. The van der Waals surface area contributed by atoms with Crippen molar-refractivity contribution in [3.8, 4) is 5.75 Å². The molecule has 112 valence electrons.